The molecule has 0 aliphatic carbocycles. The Balaban J connectivity index is -0.000000209. The Morgan fingerprint density at radius 3 is 2.14 bits per heavy atom. The van der Waals surface area contributed by atoms with Gasteiger partial charge in [0.25, 0.3) is 0 Å². The molecule has 0 spiro atoms. The number of esters is 1. The molecule has 0 aromatic rings. The van der Waals surface area contributed by atoms with Gasteiger partial charge >= 0.3 is 5.97 Å². The number of nitrogens with zero attached hydrogens (tertiary/aromatic N) is 1. The monoisotopic (exact) mass is 223 g/mol. The molecule has 0 unspecified atom stereocenters. The van der Waals surface area contributed by atoms with E-state index in [0.717, 1.165) is 6.42 Å². The Labute approximate surface area is 93.5 Å². The van der Waals surface area contributed by atoms with E-state index in [1.807, 2.05) is 33.0 Å². The lowest BCUT2D eigenvalue weighted by atomic mass is 10.3. The van der Waals surface area contributed by atoms with Gasteiger partial charge < -0.3 is 9.64 Å². The number of hydrogen-bond acceptors (Lipinski definition) is 3. The van der Waals surface area contributed by atoms with E-state index in [1.165, 1.54) is 0 Å². The number of carbonyl (C=O) groups excluding carboxylic acids is 1. The fraction of sp³-hybridized carbons (Fsp3) is 0.700. The first-order valence-corrected chi connectivity index (χ1v) is 4.42. The van der Waals surface area contributed by atoms with Gasteiger partial charge in [0, 0.05) is 6.42 Å². The van der Waals surface area contributed by atoms with Crippen molar-refractivity contribution in [2.75, 3.05) is 27.7 Å². The molecule has 3 nitrogen and oxygen atoms in total. The number of halogens is 1. The highest BCUT2D eigenvalue weighted by Gasteiger charge is 1.96. The van der Waals surface area contributed by atoms with Gasteiger partial charge in [0.1, 0.15) is 6.61 Å². The van der Waals surface area contributed by atoms with Crippen LogP contribution in [0, 0.1) is 0 Å². The Morgan fingerprint density at radius 1 is 1.43 bits per heavy atom. The van der Waals surface area contributed by atoms with E-state index in [4.69, 9.17) is 0 Å². The fourth-order valence-corrected chi connectivity index (χ4v) is 0.428. The van der Waals surface area contributed by atoms with Crippen molar-refractivity contribution in [2.24, 2.45) is 0 Å². The van der Waals surface area contributed by atoms with Gasteiger partial charge in [-0.05, 0) is 27.6 Å². The van der Waals surface area contributed by atoms with Crippen LogP contribution in [0.3, 0.4) is 0 Å². The van der Waals surface area contributed by atoms with Gasteiger partial charge in [-0.25, -0.2) is 0 Å². The number of carbonyl (C=O) groups is 1. The first-order chi connectivity index (χ1) is 6.04. The quantitative estimate of drug-likeness (QED) is 0.540. The second-order valence-electron chi connectivity index (χ2n) is 3.06. The van der Waals surface area contributed by atoms with Crippen LogP contribution in [0.5, 0.6) is 0 Å². The van der Waals surface area contributed by atoms with E-state index in [1.54, 1.807) is 6.08 Å². The summed E-state index contributed by atoms with van der Waals surface area (Å²) in [7, 11) is 6.00. The predicted octanol–water partition coefficient (Wildman–Crippen LogP) is 2.12. The predicted molar refractivity (Wildman–Crippen MR) is 62.9 cm³/mol. The van der Waals surface area contributed by atoms with Gasteiger partial charge in [0.2, 0.25) is 0 Å². The largest absolute Gasteiger partial charge is 0.461 e. The van der Waals surface area contributed by atoms with Crippen LogP contribution in [-0.2, 0) is 9.53 Å². The molecule has 0 rings (SSSR count). The van der Waals surface area contributed by atoms with Crippen molar-refractivity contribution in [1.29, 1.82) is 0 Å². The molecule has 0 N–H and O–H groups in total. The lowest BCUT2D eigenvalue weighted by molar-refractivity contribution is -0.142. The van der Waals surface area contributed by atoms with E-state index in [2.05, 4.69) is 11.3 Å². The standard InChI is InChI=1S/C7H12O2.C3H9N.ClH/c1-3-5-7(8)9-6-4-2;1-4(2)3;/h4H,2-3,5-6H2,1H3;1-3H3;1H. The van der Waals surface area contributed by atoms with Crippen LogP contribution in [0.25, 0.3) is 0 Å². The average Bonchev–Trinajstić information content (AvgIpc) is 2.00. The van der Waals surface area contributed by atoms with Gasteiger partial charge in [-0.1, -0.05) is 19.6 Å². The summed E-state index contributed by atoms with van der Waals surface area (Å²) in [4.78, 5) is 12.5. The molecule has 0 heterocycles. The zero-order valence-electron chi connectivity index (χ0n) is 9.58. The maximum atomic E-state index is 10.5. The van der Waals surface area contributed by atoms with E-state index < -0.39 is 0 Å². The van der Waals surface area contributed by atoms with Crippen LogP contribution >= 0.6 is 12.4 Å². The van der Waals surface area contributed by atoms with Crippen LogP contribution in [0.1, 0.15) is 19.8 Å². The number of rotatable bonds is 4. The molecule has 0 amide bonds. The van der Waals surface area contributed by atoms with Gasteiger partial charge in [-0.2, -0.15) is 0 Å². The molecule has 0 aliphatic rings. The minimum Gasteiger partial charge on any atom is -0.461 e. The smallest absolute Gasteiger partial charge is 0.306 e. The van der Waals surface area contributed by atoms with Crippen molar-refractivity contribution >= 4 is 18.4 Å². The summed E-state index contributed by atoms with van der Waals surface area (Å²) in [6, 6.07) is 0. The molecule has 0 radical (unpaired) electrons. The zero-order chi connectivity index (χ0) is 10.7. The second-order valence-corrected chi connectivity index (χ2v) is 3.06. The van der Waals surface area contributed by atoms with Gasteiger partial charge in [-0.3, -0.25) is 4.79 Å². The molecule has 0 fully saturated rings. The highest BCUT2D eigenvalue weighted by Crippen LogP contribution is 1.89. The normalized spacial score (nSPS) is 8.07. The summed E-state index contributed by atoms with van der Waals surface area (Å²) in [5.41, 5.74) is 0. The molecule has 0 saturated carbocycles. The summed E-state index contributed by atoms with van der Waals surface area (Å²) in [6.45, 7) is 5.69. The summed E-state index contributed by atoms with van der Waals surface area (Å²) in [6.07, 6.45) is 2.91. The first-order valence-electron chi connectivity index (χ1n) is 4.42. The lowest BCUT2D eigenvalue weighted by Gasteiger charge is -1.97. The third-order valence-electron chi connectivity index (χ3n) is 0.816. The van der Waals surface area contributed by atoms with Crippen molar-refractivity contribution in [2.45, 2.75) is 19.8 Å². The van der Waals surface area contributed by atoms with E-state index in [9.17, 15) is 4.79 Å². The summed E-state index contributed by atoms with van der Waals surface area (Å²) < 4.78 is 4.67. The zero-order valence-corrected chi connectivity index (χ0v) is 10.4. The molecule has 0 aromatic heterocycles. The van der Waals surface area contributed by atoms with E-state index >= 15 is 0 Å². The van der Waals surface area contributed by atoms with E-state index in [-0.39, 0.29) is 18.4 Å². The number of ether oxygens (including phenoxy) is 1. The van der Waals surface area contributed by atoms with E-state index in [0.29, 0.717) is 13.0 Å². The van der Waals surface area contributed by atoms with Gasteiger partial charge in [0.15, 0.2) is 0 Å². The van der Waals surface area contributed by atoms with Crippen molar-refractivity contribution in [3.8, 4) is 0 Å². The third kappa shape index (κ3) is 30.0. The van der Waals surface area contributed by atoms with Crippen LogP contribution in [0.4, 0.5) is 0 Å². The summed E-state index contributed by atoms with van der Waals surface area (Å²) >= 11 is 0. The molecule has 4 heteroatoms. The maximum Gasteiger partial charge on any atom is 0.306 e. The Kier molecular flexibility index (Phi) is 20.4. The SMILES string of the molecule is C=CCOC(=O)CCC.CN(C)C.Cl. The molecular formula is C10H22ClNO2. The van der Waals surface area contributed by atoms with Crippen molar-refractivity contribution in [1.82, 2.24) is 4.90 Å². The Bertz CT molecular complexity index is 135. The fourth-order valence-electron chi connectivity index (χ4n) is 0.428. The molecule has 0 aromatic carbocycles. The van der Waals surface area contributed by atoms with Crippen LogP contribution in [0.2, 0.25) is 0 Å². The average molecular weight is 224 g/mol. The molecule has 86 valence electrons. The summed E-state index contributed by atoms with van der Waals surface area (Å²) in [5, 5.41) is 0. The van der Waals surface area contributed by atoms with Crippen molar-refractivity contribution < 1.29 is 9.53 Å². The van der Waals surface area contributed by atoms with Gasteiger partial charge in [-0.15, -0.1) is 12.4 Å². The Hall–Kier alpha value is -0.540. The molecular weight excluding hydrogens is 202 g/mol. The Morgan fingerprint density at radius 2 is 1.86 bits per heavy atom. The molecule has 0 saturated heterocycles. The topological polar surface area (TPSA) is 29.5 Å². The third-order valence-corrected chi connectivity index (χ3v) is 0.816. The molecule has 0 atom stereocenters. The molecule has 0 bridgehead atoms. The molecule has 14 heavy (non-hydrogen) atoms. The second kappa shape index (κ2) is 15.0. The van der Waals surface area contributed by atoms with Crippen LogP contribution < -0.4 is 0 Å². The van der Waals surface area contributed by atoms with Crippen molar-refractivity contribution in [3.63, 3.8) is 0 Å². The highest BCUT2D eigenvalue weighted by atomic mass is 35.5. The lowest BCUT2D eigenvalue weighted by Crippen LogP contribution is -2.02. The minimum atomic E-state index is -0.141. The maximum absolute atomic E-state index is 10.5. The van der Waals surface area contributed by atoms with Crippen molar-refractivity contribution in [3.05, 3.63) is 12.7 Å². The first kappa shape index (κ1) is 19.1. The van der Waals surface area contributed by atoms with Gasteiger partial charge in [0.05, 0.1) is 0 Å². The number of hydrogen-bond donors (Lipinski definition) is 0. The molecule has 0 aliphatic heterocycles. The van der Waals surface area contributed by atoms with Crippen LogP contribution in [0.15, 0.2) is 12.7 Å². The van der Waals surface area contributed by atoms with Crippen LogP contribution in [-0.4, -0.2) is 38.6 Å². The summed E-state index contributed by atoms with van der Waals surface area (Å²) in [5.74, 6) is -0.141. The highest BCUT2D eigenvalue weighted by molar-refractivity contribution is 5.85. The minimum absolute atomic E-state index is 0.